The predicted molar refractivity (Wildman–Crippen MR) is 107 cm³/mol. The summed E-state index contributed by atoms with van der Waals surface area (Å²) in [5, 5.41) is 14.2. The molecule has 0 bridgehead atoms. The summed E-state index contributed by atoms with van der Waals surface area (Å²) in [6, 6.07) is 3.90. The largest absolute Gasteiger partial charge is 0.471 e. The Morgan fingerprint density at radius 2 is 2.00 bits per heavy atom. The molecule has 0 spiro atoms. The fourth-order valence-electron chi connectivity index (χ4n) is 3.80. The van der Waals surface area contributed by atoms with Crippen molar-refractivity contribution >= 4 is 28.5 Å². The van der Waals surface area contributed by atoms with Gasteiger partial charge in [0, 0.05) is 29.9 Å². The van der Waals surface area contributed by atoms with Crippen LogP contribution in [0.3, 0.4) is 0 Å². The van der Waals surface area contributed by atoms with E-state index in [4.69, 9.17) is 0 Å². The Morgan fingerprint density at radius 3 is 2.67 bits per heavy atom. The average Bonchev–Trinajstić information content (AvgIpc) is 3.16. The van der Waals surface area contributed by atoms with Gasteiger partial charge in [0.05, 0.1) is 12.6 Å². The highest BCUT2D eigenvalue weighted by atomic mass is 19.4. The van der Waals surface area contributed by atoms with Crippen molar-refractivity contribution in [1.82, 2.24) is 20.5 Å². The first-order valence-corrected chi connectivity index (χ1v) is 9.91. The number of rotatable bonds is 5. The number of pyridine rings is 1. The molecule has 0 saturated carbocycles. The van der Waals surface area contributed by atoms with Crippen LogP contribution in [0.5, 0.6) is 0 Å². The van der Waals surface area contributed by atoms with Gasteiger partial charge in [0.25, 0.3) is 0 Å². The number of nitrogens with one attached hydrogen (secondary N) is 2. The second kappa shape index (κ2) is 9.40. The first kappa shape index (κ1) is 23.9. The van der Waals surface area contributed by atoms with E-state index in [1.165, 1.54) is 29.8 Å². The van der Waals surface area contributed by atoms with Gasteiger partial charge in [-0.2, -0.15) is 18.4 Å². The zero-order chi connectivity index (χ0) is 24.3. The molecule has 1 aliphatic rings. The quantitative estimate of drug-likeness (QED) is 0.656. The van der Waals surface area contributed by atoms with Gasteiger partial charge in [-0.15, -0.1) is 0 Å². The van der Waals surface area contributed by atoms with Crippen LogP contribution in [0.15, 0.2) is 30.6 Å². The van der Waals surface area contributed by atoms with E-state index >= 15 is 0 Å². The van der Waals surface area contributed by atoms with Gasteiger partial charge in [0.2, 0.25) is 11.8 Å². The molecule has 1 aromatic heterocycles. The molecule has 1 saturated heterocycles. The van der Waals surface area contributed by atoms with Crippen LogP contribution in [0.25, 0.3) is 10.8 Å². The van der Waals surface area contributed by atoms with Gasteiger partial charge < -0.3 is 15.5 Å². The normalized spacial score (nSPS) is 19.1. The van der Waals surface area contributed by atoms with E-state index in [2.05, 4.69) is 10.3 Å². The Bertz CT molecular complexity index is 1130. The van der Waals surface area contributed by atoms with Gasteiger partial charge in [-0.05, 0) is 23.8 Å². The monoisotopic (exact) mass is 465 g/mol. The van der Waals surface area contributed by atoms with Crippen molar-refractivity contribution < 1.29 is 31.9 Å². The molecule has 3 rings (SSSR count). The van der Waals surface area contributed by atoms with Gasteiger partial charge >= 0.3 is 12.1 Å². The maximum absolute atomic E-state index is 14.1. The van der Waals surface area contributed by atoms with Gasteiger partial charge in [0.15, 0.2) is 0 Å². The molecular weight excluding hydrogens is 446 g/mol. The summed E-state index contributed by atoms with van der Waals surface area (Å²) in [6.07, 6.45) is -2.13. The zero-order valence-corrected chi connectivity index (χ0v) is 17.3. The molecule has 1 aliphatic heterocycles. The Balaban J connectivity index is 1.77. The number of carbonyl (C=O) groups excluding carboxylic acids is 3. The highest BCUT2D eigenvalue weighted by Crippen LogP contribution is 2.28. The summed E-state index contributed by atoms with van der Waals surface area (Å²) in [6.45, 7) is 0.851. The van der Waals surface area contributed by atoms with Crippen molar-refractivity contribution in [3.05, 3.63) is 42.0 Å². The molecule has 8 nitrogen and oxygen atoms in total. The minimum absolute atomic E-state index is 0.0955. The van der Waals surface area contributed by atoms with Gasteiger partial charge in [0.1, 0.15) is 17.9 Å². The lowest BCUT2D eigenvalue weighted by atomic mass is 9.99. The van der Waals surface area contributed by atoms with Gasteiger partial charge in [-0.25, -0.2) is 4.39 Å². The van der Waals surface area contributed by atoms with E-state index in [1.54, 1.807) is 13.0 Å². The van der Waals surface area contributed by atoms with Crippen LogP contribution < -0.4 is 10.6 Å². The van der Waals surface area contributed by atoms with Crippen LogP contribution in [-0.4, -0.2) is 52.9 Å². The zero-order valence-electron chi connectivity index (χ0n) is 17.3. The van der Waals surface area contributed by atoms with Crippen molar-refractivity contribution in [2.24, 2.45) is 5.92 Å². The lowest BCUT2D eigenvalue weighted by Gasteiger charge is -2.27. The molecule has 1 aromatic carbocycles. The second-order valence-electron chi connectivity index (χ2n) is 7.61. The third-order valence-electron chi connectivity index (χ3n) is 5.45. The first-order chi connectivity index (χ1) is 15.5. The van der Waals surface area contributed by atoms with Crippen LogP contribution in [-0.2, 0) is 14.4 Å². The smallest absolute Gasteiger partial charge is 0.339 e. The number of nitriles is 1. The van der Waals surface area contributed by atoms with Crippen molar-refractivity contribution in [2.75, 3.05) is 13.1 Å². The Kier molecular flexibility index (Phi) is 6.81. The highest BCUT2D eigenvalue weighted by Gasteiger charge is 2.42. The number of likely N-dealkylation sites (tertiary alicyclic amines) is 1. The third-order valence-corrected chi connectivity index (χ3v) is 5.45. The molecule has 174 valence electrons. The van der Waals surface area contributed by atoms with Crippen molar-refractivity contribution in [3.63, 3.8) is 0 Å². The lowest BCUT2D eigenvalue weighted by Crippen LogP contribution is -2.52. The van der Waals surface area contributed by atoms with Crippen LogP contribution in [0.1, 0.15) is 24.9 Å². The summed E-state index contributed by atoms with van der Waals surface area (Å²) in [7, 11) is 0. The van der Waals surface area contributed by atoms with Gasteiger partial charge in [-0.1, -0.05) is 19.1 Å². The Labute approximate surface area is 185 Å². The average molecular weight is 465 g/mol. The standard InChI is InChI=1S/C21H19F4N5O3/c1-11-5-6-30(17(31)10-28-20(33)21(23,24)25)18(11)19(32)29-16(7-26)14-9-27-8-13-12(14)3-2-4-15(13)22/h2-4,8-9,11,16,18H,5-6,10H2,1H3,(H,28,33)(H,29,32)/t11-,16?,18?/m0/s1. The molecule has 0 aliphatic carbocycles. The highest BCUT2D eigenvalue weighted by molar-refractivity contribution is 5.92. The maximum Gasteiger partial charge on any atom is 0.471 e. The van der Waals surface area contributed by atoms with E-state index < -0.39 is 48.3 Å². The molecule has 0 radical (unpaired) electrons. The number of benzene rings is 1. The van der Waals surface area contributed by atoms with Crippen molar-refractivity contribution in [1.29, 1.82) is 5.26 Å². The number of halogens is 4. The predicted octanol–water partition coefficient (Wildman–Crippen LogP) is 1.97. The van der Waals surface area contributed by atoms with E-state index in [1.807, 2.05) is 6.07 Å². The number of amides is 3. The number of carbonyl (C=O) groups is 3. The summed E-state index contributed by atoms with van der Waals surface area (Å²) < 4.78 is 51.2. The first-order valence-electron chi connectivity index (χ1n) is 9.91. The Morgan fingerprint density at radius 1 is 1.27 bits per heavy atom. The molecule has 3 amide bonds. The van der Waals surface area contributed by atoms with Gasteiger partial charge in [-0.3, -0.25) is 19.4 Å². The molecule has 2 unspecified atom stereocenters. The van der Waals surface area contributed by atoms with Crippen LogP contribution in [0, 0.1) is 23.1 Å². The molecular formula is C21H19F4N5O3. The molecule has 1 fully saturated rings. The molecule has 33 heavy (non-hydrogen) atoms. The van der Waals surface area contributed by atoms with E-state index in [0.29, 0.717) is 11.8 Å². The molecule has 12 heteroatoms. The fraction of sp³-hybridized carbons (Fsp3) is 0.381. The second-order valence-corrected chi connectivity index (χ2v) is 7.61. The van der Waals surface area contributed by atoms with Crippen molar-refractivity contribution in [2.45, 2.75) is 31.6 Å². The number of hydrogen-bond donors (Lipinski definition) is 2. The number of aromatic nitrogens is 1. The van der Waals surface area contributed by atoms with Crippen LogP contribution in [0.2, 0.25) is 0 Å². The SMILES string of the molecule is C[C@H]1CCN(C(=O)CNC(=O)C(F)(F)F)C1C(=O)NC(C#N)c1cncc2c(F)cccc12. The summed E-state index contributed by atoms with van der Waals surface area (Å²) in [5.74, 6) is -4.72. The number of fused-ring (bicyclic) bond motifs is 1. The molecule has 2 aromatic rings. The minimum Gasteiger partial charge on any atom is -0.339 e. The summed E-state index contributed by atoms with van der Waals surface area (Å²) in [5.41, 5.74) is 0.254. The minimum atomic E-state index is -5.14. The summed E-state index contributed by atoms with van der Waals surface area (Å²) >= 11 is 0. The molecule has 3 atom stereocenters. The lowest BCUT2D eigenvalue weighted by molar-refractivity contribution is -0.174. The third kappa shape index (κ3) is 5.02. The Hall–Kier alpha value is -3.75. The van der Waals surface area contributed by atoms with Crippen LogP contribution in [0.4, 0.5) is 17.6 Å². The molecule has 2 heterocycles. The number of hydrogen-bond acceptors (Lipinski definition) is 5. The number of alkyl halides is 3. The maximum atomic E-state index is 14.1. The van der Waals surface area contributed by atoms with E-state index in [0.717, 1.165) is 4.90 Å². The fourth-order valence-corrected chi connectivity index (χ4v) is 3.80. The topological polar surface area (TPSA) is 115 Å². The van der Waals surface area contributed by atoms with Crippen molar-refractivity contribution in [3.8, 4) is 6.07 Å². The number of nitrogens with zero attached hydrogens (tertiary/aromatic N) is 3. The van der Waals surface area contributed by atoms with E-state index in [9.17, 15) is 37.2 Å². The van der Waals surface area contributed by atoms with E-state index in [-0.39, 0.29) is 23.4 Å². The summed E-state index contributed by atoms with van der Waals surface area (Å²) in [4.78, 5) is 41.4. The van der Waals surface area contributed by atoms with Crippen LogP contribution >= 0.6 is 0 Å². The molecule has 2 N–H and O–H groups in total.